The summed E-state index contributed by atoms with van der Waals surface area (Å²) in [6.45, 7) is 8.10. The molecular weight excluding hydrogens is 198 g/mol. The van der Waals surface area contributed by atoms with Gasteiger partial charge in [0.15, 0.2) is 0 Å². The van der Waals surface area contributed by atoms with E-state index >= 15 is 0 Å². The third-order valence-electron chi connectivity index (χ3n) is 2.76. The maximum absolute atomic E-state index is 11.8. The maximum Gasteiger partial charge on any atom is 0.253 e. The lowest BCUT2D eigenvalue weighted by molar-refractivity contribution is -0.125. The summed E-state index contributed by atoms with van der Waals surface area (Å²) in [5, 5.41) is 0. The summed E-state index contributed by atoms with van der Waals surface area (Å²) in [6, 6.07) is 8.17. The van der Waals surface area contributed by atoms with Crippen LogP contribution in [0.5, 0.6) is 0 Å². The Morgan fingerprint density at radius 1 is 1.38 bits per heavy atom. The Bertz CT molecular complexity index is 485. The molecule has 1 amide bonds. The number of rotatable bonds is 1. The van der Waals surface area contributed by atoms with Gasteiger partial charge in [-0.3, -0.25) is 4.79 Å². The van der Waals surface area contributed by atoms with Crippen LogP contribution in [-0.4, -0.2) is 10.8 Å². The van der Waals surface area contributed by atoms with Gasteiger partial charge in [0.1, 0.15) is 0 Å². The van der Waals surface area contributed by atoms with Crippen LogP contribution in [-0.2, 0) is 11.3 Å². The fourth-order valence-electron chi connectivity index (χ4n) is 1.95. The highest BCUT2D eigenvalue weighted by atomic mass is 16.2. The molecule has 1 aromatic rings. The molecule has 2 nitrogen and oxygen atoms in total. The van der Waals surface area contributed by atoms with Crippen molar-refractivity contribution >= 4 is 11.5 Å². The molecule has 2 rings (SSSR count). The van der Waals surface area contributed by atoms with E-state index < -0.39 is 0 Å². The van der Waals surface area contributed by atoms with Gasteiger partial charge in [-0.05, 0) is 30.5 Å². The number of hydrogen-bond acceptors (Lipinski definition) is 1. The predicted octanol–water partition coefficient (Wildman–Crippen LogP) is 2.97. The summed E-state index contributed by atoms with van der Waals surface area (Å²) in [4.78, 5) is 13.6. The number of nitrogens with zero attached hydrogens (tertiary/aromatic N) is 1. The molecule has 0 saturated carbocycles. The Morgan fingerprint density at radius 2 is 2.06 bits per heavy atom. The van der Waals surface area contributed by atoms with Gasteiger partial charge >= 0.3 is 0 Å². The van der Waals surface area contributed by atoms with Crippen molar-refractivity contribution in [2.45, 2.75) is 20.4 Å². The Balaban J connectivity index is 2.37. The zero-order chi connectivity index (χ0) is 11.7. The van der Waals surface area contributed by atoms with E-state index in [0.29, 0.717) is 12.1 Å². The third kappa shape index (κ3) is 1.78. The van der Waals surface area contributed by atoms with Crippen molar-refractivity contribution < 1.29 is 4.79 Å². The number of fused-ring (bicyclic) bond motifs is 1. The summed E-state index contributed by atoms with van der Waals surface area (Å²) in [5.41, 5.74) is 4.12. The summed E-state index contributed by atoms with van der Waals surface area (Å²) < 4.78 is 0. The standard InChI is InChI=1S/C14H15NO/c1-10(2)14(16)15-8-11(3)13-7-5-4-6-12(13)9-15/h4-8H,1,9H2,2-3H3. The number of allylic oxidation sites excluding steroid dienone is 1. The van der Waals surface area contributed by atoms with Crippen molar-refractivity contribution in [3.8, 4) is 0 Å². The quantitative estimate of drug-likeness (QED) is 0.657. The van der Waals surface area contributed by atoms with Gasteiger partial charge in [-0.2, -0.15) is 0 Å². The molecule has 0 atom stereocenters. The van der Waals surface area contributed by atoms with Crippen LogP contribution in [0.4, 0.5) is 0 Å². The fourth-order valence-corrected chi connectivity index (χ4v) is 1.95. The number of amides is 1. The van der Waals surface area contributed by atoms with Gasteiger partial charge in [-0.15, -0.1) is 0 Å². The lowest BCUT2D eigenvalue weighted by atomic mass is 9.98. The molecule has 0 aliphatic carbocycles. The van der Waals surface area contributed by atoms with Crippen molar-refractivity contribution in [1.29, 1.82) is 0 Å². The molecule has 1 heterocycles. The van der Waals surface area contributed by atoms with Gasteiger partial charge in [0, 0.05) is 11.8 Å². The fraction of sp³-hybridized carbons (Fsp3) is 0.214. The summed E-state index contributed by atoms with van der Waals surface area (Å²) >= 11 is 0. The number of hydrogen-bond donors (Lipinski definition) is 0. The highest BCUT2D eigenvalue weighted by molar-refractivity contribution is 5.94. The van der Waals surface area contributed by atoms with E-state index in [1.165, 1.54) is 11.1 Å². The van der Waals surface area contributed by atoms with Crippen molar-refractivity contribution in [3.63, 3.8) is 0 Å². The second-order valence-corrected chi connectivity index (χ2v) is 4.18. The van der Waals surface area contributed by atoms with Gasteiger partial charge in [0.2, 0.25) is 0 Å². The predicted molar refractivity (Wildman–Crippen MR) is 65.5 cm³/mol. The molecule has 0 radical (unpaired) electrons. The summed E-state index contributed by atoms with van der Waals surface area (Å²) in [5.74, 6) is -0.00569. The Labute approximate surface area is 95.9 Å². The number of benzene rings is 1. The number of carbonyl (C=O) groups is 1. The van der Waals surface area contributed by atoms with Crippen molar-refractivity contribution in [2.75, 3.05) is 0 Å². The first-order chi connectivity index (χ1) is 7.59. The van der Waals surface area contributed by atoms with E-state index in [-0.39, 0.29) is 5.91 Å². The molecule has 2 heteroatoms. The molecule has 0 unspecified atom stereocenters. The molecule has 16 heavy (non-hydrogen) atoms. The van der Waals surface area contributed by atoms with Crippen molar-refractivity contribution in [2.24, 2.45) is 0 Å². The Kier molecular flexibility index (Phi) is 2.65. The first-order valence-corrected chi connectivity index (χ1v) is 5.33. The average molecular weight is 213 g/mol. The lowest BCUT2D eigenvalue weighted by Crippen LogP contribution is -2.28. The zero-order valence-electron chi connectivity index (χ0n) is 9.66. The monoisotopic (exact) mass is 213 g/mol. The highest BCUT2D eigenvalue weighted by Crippen LogP contribution is 2.26. The van der Waals surface area contributed by atoms with Gasteiger partial charge in [0.25, 0.3) is 5.91 Å². The molecular formula is C14H15NO. The molecule has 82 valence electrons. The Morgan fingerprint density at radius 3 is 2.75 bits per heavy atom. The molecule has 1 aliphatic rings. The van der Waals surface area contributed by atoms with Crippen LogP contribution in [0.3, 0.4) is 0 Å². The number of carbonyl (C=O) groups excluding carboxylic acids is 1. The minimum absolute atomic E-state index is 0.00569. The molecule has 0 N–H and O–H groups in total. The van der Waals surface area contributed by atoms with Gasteiger partial charge in [-0.1, -0.05) is 30.8 Å². The largest absolute Gasteiger partial charge is 0.311 e. The topological polar surface area (TPSA) is 20.3 Å². The van der Waals surface area contributed by atoms with Gasteiger partial charge in [-0.25, -0.2) is 0 Å². The molecule has 0 bridgehead atoms. The van der Waals surface area contributed by atoms with Crippen LogP contribution in [0, 0.1) is 0 Å². The lowest BCUT2D eigenvalue weighted by Gasteiger charge is -2.26. The summed E-state index contributed by atoms with van der Waals surface area (Å²) in [7, 11) is 0. The highest BCUT2D eigenvalue weighted by Gasteiger charge is 2.19. The normalized spacial score (nSPS) is 14.1. The average Bonchev–Trinajstić information content (AvgIpc) is 2.28. The smallest absolute Gasteiger partial charge is 0.253 e. The van der Waals surface area contributed by atoms with Crippen LogP contribution in [0.15, 0.2) is 42.6 Å². The van der Waals surface area contributed by atoms with Gasteiger partial charge < -0.3 is 4.90 Å². The van der Waals surface area contributed by atoms with Crippen LogP contribution < -0.4 is 0 Å². The molecule has 1 aliphatic heterocycles. The van der Waals surface area contributed by atoms with Crippen molar-refractivity contribution in [1.82, 2.24) is 4.90 Å². The minimum atomic E-state index is -0.00569. The van der Waals surface area contributed by atoms with E-state index in [4.69, 9.17) is 0 Å². The zero-order valence-corrected chi connectivity index (χ0v) is 9.66. The molecule has 0 fully saturated rings. The van der Waals surface area contributed by atoms with E-state index in [0.717, 1.165) is 5.57 Å². The third-order valence-corrected chi connectivity index (χ3v) is 2.76. The van der Waals surface area contributed by atoms with Crippen LogP contribution in [0.1, 0.15) is 25.0 Å². The van der Waals surface area contributed by atoms with E-state index in [1.54, 1.807) is 11.8 Å². The van der Waals surface area contributed by atoms with E-state index in [9.17, 15) is 4.79 Å². The molecule has 0 spiro atoms. The maximum atomic E-state index is 11.8. The van der Waals surface area contributed by atoms with E-state index in [1.807, 2.05) is 25.3 Å². The van der Waals surface area contributed by atoms with E-state index in [2.05, 4.69) is 18.7 Å². The Hall–Kier alpha value is -1.83. The van der Waals surface area contributed by atoms with Crippen LogP contribution in [0.25, 0.3) is 5.57 Å². The minimum Gasteiger partial charge on any atom is -0.311 e. The van der Waals surface area contributed by atoms with Gasteiger partial charge in [0.05, 0.1) is 6.54 Å². The molecule has 1 aromatic carbocycles. The second kappa shape index (κ2) is 3.97. The van der Waals surface area contributed by atoms with Crippen molar-refractivity contribution in [3.05, 3.63) is 53.7 Å². The summed E-state index contributed by atoms with van der Waals surface area (Å²) in [6.07, 6.45) is 1.90. The molecule has 0 aromatic heterocycles. The first kappa shape index (κ1) is 10.7. The van der Waals surface area contributed by atoms with Crippen LogP contribution >= 0.6 is 0 Å². The first-order valence-electron chi connectivity index (χ1n) is 5.33. The molecule has 0 saturated heterocycles. The second-order valence-electron chi connectivity index (χ2n) is 4.18. The SMILES string of the molecule is C=C(C)C(=O)N1C=C(C)c2ccccc2C1. The van der Waals surface area contributed by atoms with Crippen LogP contribution in [0.2, 0.25) is 0 Å².